The quantitative estimate of drug-likeness (QED) is 0.122. The Kier molecular flexibility index (Phi) is 13.9. The summed E-state index contributed by atoms with van der Waals surface area (Å²) < 4.78 is 42.1. The van der Waals surface area contributed by atoms with Crippen LogP contribution in [0.4, 0.5) is 10.1 Å². The highest BCUT2D eigenvalue weighted by atomic mass is 32.2. The minimum Gasteiger partial charge on any atom is -0.390 e. The summed E-state index contributed by atoms with van der Waals surface area (Å²) in [6, 6.07) is 17.7. The molecule has 0 saturated heterocycles. The van der Waals surface area contributed by atoms with E-state index in [0.29, 0.717) is 5.56 Å². The zero-order valence-corrected chi connectivity index (χ0v) is 29.2. The second kappa shape index (κ2) is 17.4. The fraction of sp³-hybridized carbons (Fsp3) is 0.429. The van der Waals surface area contributed by atoms with Crippen LogP contribution in [0, 0.1) is 27.3 Å². The molecule has 0 bridgehead atoms. The molecule has 0 unspecified atom stereocenters. The van der Waals surface area contributed by atoms with Crippen molar-refractivity contribution in [1.82, 2.24) is 20.3 Å². The molecule has 2 amide bonds. The Morgan fingerprint density at radius 1 is 0.939 bits per heavy atom. The van der Waals surface area contributed by atoms with E-state index in [9.17, 15) is 37.6 Å². The largest absolute Gasteiger partial charge is 0.390 e. The van der Waals surface area contributed by atoms with Crippen molar-refractivity contribution in [3.8, 4) is 0 Å². The highest BCUT2D eigenvalue weighted by Crippen LogP contribution is 2.24. The van der Waals surface area contributed by atoms with Crippen molar-refractivity contribution in [2.24, 2.45) is 11.3 Å². The van der Waals surface area contributed by atoms with Crippen LogP contribution in [0.1, 0.15) is 45.7 Å². The zero-order valence-electron chi connectivity index (χ0n) is 28.4. The molecule has 0 radical (unpaired) electrons. The van der Waals surface area contributed by atoms with Gasteiger partial charge in [0, 0.05) is 31.8 Å². The summed E-state index contributed by atoms with van der Waals surface area (Å²) in [5, 5.41) is 31.5. The number of non-ortho nitro benzene ring substituents is 1. The number of carbonyl (C=O) groups is 2. The smallest absolute Gasteiger partial charge is 0.270 e. The Morgan fingerprint density at radius 2 is 1.59 bits per heavy atom. The van der Waals surface area contributed by atoms with Gasteiger partial charge in [0.05, 0.1) is 28.5 Å². The second-order valence-electron chi connectivity index (χ2n) is 13.4. The number of aliphatic hydroxyl groups is 1. The van der Waals surface area contributed by atoms with Crippen molar-refractivity contribution >= 4 is 27.5 Å². The predicted octanol–water partition coefficient (Wildman–Crippen LogP) is 3.79. The molecular formula is C35H46FN5O7S. The van der Waals surface area contributed by atoms with E-state index in [1.807, 2.05) is 18.2 Å². The van der Waals surface area contributed by atoms with E-state index in [0.717, 1.165) is 15.9 Å². The van der Waals surface area contributed by atoms with Crippen LogP contribution in [0.3, 0.4) is 0 Å². The van der Waals surface area contributed by atoms with Gasteiger partial charge < -0.3 is 21.1 Å². The van der Waals surface area contributed by atoms with E-state index < -0.39 is 62.7 Å². The van der Waals surface area contributed by atoms with Gasteiger partial charge in [-0.25, -0.2) is 12.8 Å². The molecule has 266 valence electrons. The number of sulfonamides is 1. The van der Waals surface area contributed by atoms with Crippen LogP contribution in [0.25, 0.3) is 0 Å². The number of hydrogen-bond acceptors (Lipinski definition) is 8. The van der Waals surface area contributed by atoms with Gasteiger partial charge in [0.15, 0.2) is 0 Å². The summed E-state index contributed by atoms with van der Waals surface area (Å²) >= 11 is 0. The molecule has 12 nitrogen and oxygen atoms in total. The van der Waals surface area contributed by atoms with Gasteiger partial charge in [-0.2, -0.15) is 4.31 Å². The van der Waals surface area contributed by atoms with Gasteiger partial charge in [-0.3, -0.25) is 19.7 Å². The Labute approximate surface area is 287 Å². The van der Waals surface area contributed by atoms with Gasteiger partial charge in [-0.05, 0) is 47.1 Å². The second-order valence-corrected chi connectivity index (χ2v) is 15.4. The van der Waals surface area contributed by atoms with Gasteiger partial charge in [0.1, 0.15) is 11.9 Å². The summed E-state index contributed by atoms with van der Waals surface area (Å²) in [4.78, 5) is 37.2. The number of aliphatic hydroxyl groups excluding tert-OH is 1. The van der Waals surface area contributed by atoms with E-state index in [-0.39, 0.29) is 42.6 Å². The lowest BCUT2D eigenvalue weighted by atomic mass is 9.85. The first-order chi connectivity index (χ1) is 23.0. The van der Waals surface area contributed by atoms with Gasteiger partial charge in [0.2, 0.25) is 21.8 Å². The van der Waals surface area contributed by atoms with Crippen LogP contribution in [0.2, 0.25) is 0 Å². The van der Waals surface area contributed by atoms with Gasteiger partial charge in [-0.1, -0.05) is 83.1 Å². The summed E-state index contributed by atoms with van der Waals surface area (Å²) in [6.07, 6.45) is -1.28. The highest BCUT2D eigenvalue weighted by molar-refractivity contribution is 7.89. The van der Waals surface area contributed by atoms with Gasteiger partial charge in [0.25, 0.3) is 5.69 Å². The first-order valence-corrected chi connectivity index (χ1v) is 17.4. The fourth-order valence-electron chi connectivity index (χ4n) is 5.19. The number of amides is 2. The Balaban J connectivity index is 1.83. The Bertz CT molecular complexity index is 1680. The predicted molar refractivity (Wildman–Crippen MR) is 184 cm³/mol. The van der Waals surface area contributed by atoms with E-state index in [2.05, 4.69) is 16.0 Å². The van der Waals surface area contributed by atoms with Crippen molar-refractivity contribution < 1.29 is 32.4 Å². The molecule has 3 aromatic carbocycles. The molecule has 0 aromatic heterocycles. The van der Waals surface area contributed by atoms with Crippen LogP contribution in [-0.4, -0.2) is 72.4 Å². The first-order valence-electron chi connectivity index (χ1n) is 16.0. The van der Waals surface area contributed by atoms with E-state index >= 15 is 0 Å². The van der Waals surface area contributed by atoms with Crippen LogP contribution in [0.15, 0.2) is 83.8 Å². The highest BCUT2D eigenvalue weighted by Gasteiger charge is 2.37. The van der Waals surface area contributed by atoms with Gasteiger partial charge >= 0.3 is 0 Å². The fourth-order valence-corrected chi connectivity index (χ4v) is 6.85. The summed E-state index contributed by atoms with van der Waals surface area (Å²) in [5.74, 6) is -1.62. The van der Waals surface area contributed by atoms with E-state index in [1.54, 1.807) is 58.9 Å². The molecule has 14 heteroatoms. The lowest BCUT2D eigenvalue weighted by Gasteiger charge is -2.34. The summed E-state index contributed by atoms with van der Waals surface area (Å²) in [5.41, 5.74) is 0.260. The maximum absolute atomic E-state index is 13.9. The molecule has 0 aliphatic carbocycles. The number of rotatable bonds is 17. The number of hydrogen-bond donors (Lipinski definition) is 4. The van der Waals surface area contributed by atoms with Crippen molar-refractivity contribution in [2.75, 3.05) is 19.6 Å². The maximum atomic E-state index is 13.9. The summed E-state index contributed by atoms with van der Waals surface area (Å²) in [7, 11) is -4.30. The lowest BCUT2D eigenvalue weighted by molar-refractivity contribution is -0.385. The minimum absolute atomic E-state index is 0.00259. The third-order valence-electron chi connectivity index (χ3n) is 7.65. The monoisotopic (exact) mass is 699 g/mol. The molecular weight excluding hydrogens is 653 g/mol. The number of nitro groups is 1. The summed E-state index contributed by atoms with van der Waals surface area (Å²) in [6.45, 7) is 8.59. The topological polar surface area (TPSA) is 171 Å². The van der Waals surface area contributed by atoms with E-state index in [4.69, 9.17) is 0 Å². The zero-order chi connectivity index (χ0) is 36.4. The van der Waals surface area contributed by atoms with Crippen LogP contribution < -0.4 is 16.0 Å². The number of nitrogens with one attached hydrogen (secondary N) is 3. The average Bonchev–Trinajstić information content (AvgIpc) is 3.02. The third-order valence-corrected chi connectivity index (χ3v) is 9.48. The molecule has 0 fully saturated rings. The standard InChI is InChI=1S/C35H46FN5O7S/c1-24(2)22-40(49(47,48)29-16-10-15-28(19-29)41(45)46)23-31(42)30(18-25-11-7-6-8-12-25)38-34(44)33(35(3,4)5)39-32(43)21-37-20-26-13-9-14-27(36)17-26/h6-17,19,24,30-31,33,37,42H,18,20-23H2,1-5H3,(H,38,44)(H,39,43)/t30-,31+,33+/m0/s1. The van der Waals surface area contributed by atoms with Crippen LogP contribution in [0.5, 0.6) is 0 Å². The number of nitrogens with zero attached hydrogens (tertiary/aromatic N) is 2. The molecule has 0 saturated carbocycles. The van der Waals surface area contributed by atoms with Crippen LogP contribution >= 0.6 is 0 Å². The number of carbonyl (C=O) groups excluding carboxylic acids is 2. The minimum atomic E-state index is -4.30. The van der Waals surface area contributed by atoms with E-state index in [1.165, 1.54) is 30.3 Å². The van der Waals surface area contributed by atoms with Gasteiger partial charge in [-0.15, -0.1) is 0 Å². The lowest BCUT2D eigenvalue weighted by Crippen LogP contribution is -2.59. The molecule has 3 rings (SSSR count). The molecule has 0 spiro atoms. The molecule has 49 heavy (non-hydrogen) atoms. The number of nitro benzene ring substituents is 1. The molecule has 3 aromatic rings. The van der Waals surface area contributed by atoms with Crippen molar-refractivity contribution in [3.63, 3.8) is 0 Å². The average molecular weight is 700 g/mol. The third kappa shape index (κ3) is 12.0. The van der Waals surface area contributed by atoms with Crippen molar-refractivity contribution in [2.45, 2.75) is 70.7 Å². The Morgan fingerprint density at radius 3 is 2.20 bits per heavy atom. The van der Waals surface area contributed by atoms with Crippen molar-refractivity contribution in [1.29, 1.82) is 0 Å². The maximum Gasteiger partial charge on any atom is 0.270 e. The number of benzene rings is 3. The first kappa shape index (κ1) is 39.2. The SMILES string of the molecule is CC(C)CN(C[C@@H](O)[C@H](Cc1ccccc1)NC(=O)[C@@H](NC(=O)CNCc1cccc(F)c1)C(C)(C)C)S(=O)(=O)c1cccc([N+](=O)[O-])c1. The molecule has 0 aliphatic heterocycles. The Hall–Kier alpha value is -4.24. The number of halogens is 1. The normalized spacial score (nSPS) is 13.9. The molecule has 4 N–H and O–H groups in total. The molecule has 0 heterocycles. The van der Waals surface area contributed by atoms with Crippen molar-refractivity contribution in [3.05, 3.63) is 106 Å². The molecule has 3 atom stereocenters. The van der Waals surface area contributed by atoms with Crippen LogP contribution in [-0.2, 0) is 32.6 Å². The molecule has 0 aliphatic rings.